The molecule has 6 heteroatoms. The third-order valence-electron chi connectivity index (χ3n) is 4.44. The van der Waals surface area contributed by atoms with Gasteiger partial charge in [0.15, 0.2) is 0 Å². The smallest absolute Gasteiger partial charge is 0.129 e. The molecule has 0 aliphatic carbocycles. The van der Waals surface area contributed by atoms with Gasteiger partial charge in [0.25, 0.3) is 0 Å². The normalized spacial score (nSPS) is 18.5. The van der Waals surface area contributed by atoms with Gasteiger partial charge < -0.3 is 19.0 Å². The first-order chi connectivity index (χ1) is 12.7. The molecule has 0 amide bonds. The molecule has 0 bridgehead atoms. The van der Waals surface area contributed by atoms with Gasteiger partial charge in [0, 0.05) is 31.8 Å². The van der Waals surface area contributed by atoms with Crippen molar-refractivity contribution in [3.05, 3.63) is 59.8 Å². The summed E-state index contributed by atoms with van der Waals surface area (Å²) in [6.07, 6.45) is 3.11. The van der Waals surface area contributed by atoms with Gasteiger partial charge in [-0.1, -0.05) is 18.2 Å². The maximum atomic E-state index is 14.0. The number of ether oxygens (including phenoxy) is 2. The van der Waals surface area contributed by atoms with E-state index in [0.717, 1.165) is 25.2 Å². The zero-order chi connectivity index (χ0) is 18.2. The number of aliphatic hydroxyl groups excluding tert-OH is 1. The molecule has 1 aliphatic heterocycles. The zero-order valence-electron chi connectivity index (χ0n) is 14.9. The molecule has 2 heterocycles. The Labute approximate surface area is 153 Å². The van der Waals surface area contributed by atoms with Crippen LogP contribution in [0.1, 0.15) is 24.2 Å². The lowest BCUT2D eigenvalue weighted by Gasteiger charge is -2.27. The van der Waals surface area contributed by atoms with Crippen LogP contribution in [0.25, 0.3) is 0 Å². The van der Waals surface area contributed by atoms with Gasteiger partial charge in [-0.25, -0.2) is 4.39 Å². The van der Waals surface area contributed by atoms with Crippen LogP contribution >= 0.6 is 0 Å². The molecular formula is C20H26FNO4. The number of hydrogen-bond acceptors (Lipinski definition) is 5. The van der Waals surface area contributed by atoms with Gasteiger partial charge in [0.2, 0.25) is 0 Å². The Kier molecular flexibility index (Phi) is 7.20. The molecule has 3 rings (SSSR count). The minimum atomic E-state index is -0.668. The van der Waals surface area contributed by atoms with E-state index >= 15 is 0 Å². The Morgan fingerprint density at radius 2 is 2.15 bits per heavy atom. The quantitative estimate of drug-likeness (QED) is 0.703. The largest absolute Gasteiger partial charge is 0.467 e. The third-order valence-corrected chi connectivity index (χ3v) is 4.44. The third kappa shape index (κ3) is 5.92. The first-order valence-electron chi connectivity index (χ1n) is 9.06. The number of halogens is 1. The summed E-state index contributed by atoms with van der Waals surface area (Å²) in [4.78, 5) is 2.04. The Morgan fingerprint density at radius 3 is 2.88 bits per heavy atom. The predicted octanol–water partition coefficient (Wildman–Crippen LogP) is 2.98. The molecule has 5 nitrogen and oxygen atoms in total. The van der Waals surface area contributed by atoms with Crippen molar-refractivity contribution in [2.24, 2.45) is 0 Å². The maximum Gasteiger partial charge on any atom is 0.129 e. The number of aliphatic hydroxyl groups is 1. The first-order valence-corrected chi connectivity index (χ1v) is 9.06. The van der Waals surface area contributed by atoms with Crippen LogP contribution in [-0.2, 0) is 22.6 Å². The Balaban J connectivity index is 1.52. The standard InChI is InChI=1S/C20H26FNO4/c21-20-8-2-1-5-16(20)11-22(13-18-6-3-9-25-18)12-17(23)14-24-15-19-7-4-10-26-19/h1-2,4-5,7-8,10,17-18,23H,3,6,9,11-15H2. The Bertz CT molecular complexity index is 643. The van der Waals surface area contributed by atoms with Crippen molar-refractivity contribution in [1.29, 1.82) is 0 Å². The highest BCUT2D eigenvalue weighted by Crippen LogP contribution is 2.17. The average molecular weight is 363 g/mol. The molecule has 0 radical (unpaired) electrons. The Hall–Kier alpha value is -1.73. The molecule has 2 aromatic rings. The molecule has 142 valence electrons. The summed E-state index contributed by atoms with van der Waals surface area (Å²) in [5.41, 5.74) is 0.620. The molecule has 1 aromatic carbocycles. The number of nitrogens with zero attached hydrogens (tertiary/aromatic N) is 1. The van der Waals surface area contributed by atoms with Crippen molar-refractivity contribution in [3.8, 4) is 0 Å². The fourth-order valence-corrected chi connectivity index (χ4v) is 3.19. The van der Waals surface area contributed by atoms with Crippen molar-refractivity contribution in [2.45, 2.75) is 38.2 Å². The second-order valence-corrected chi connectivity index (χ2v) is 6.67. The van der Waals surface area contributed by atoms with E-state index in [1.54, 1.807) is 24.5 Å². The highest BCUT2D eigenvalue weighted by Gasteiger charge is 2.22. The number of hydrogen-bond donors (Lipinski definition) is 1. The molecule has 1 fully saturated rings. The van der Waals surface area contributed by atoms with Crippen LogP contribution < -0.4 is 0 Å². The SMILES string of the molecule is OC(COCc1ccco1)CN(Cc1ccccc1F)CC1CCCO1. The molecule has 1 aromatic heterocycles. The van der Waals surface area contributed by atoms with E-state index in [0.29, 0.717) is 31.8 Å². The van der Waals surface area contributed by atoms with Crippen molar-refractivity contribution in [1.82, 2.24) is 4.90 Å². The average Bonchev–Trinajstić information content (AvgIpc) is 3.31. The predicted molar refractivity (Wildman–Crippen MR) is 95.0 cm³/mol. The lowest BCUT2D eigenvalue weighted by Crippen LogP contribution is -2.39. The summed E-state index contributed by atoms with van der Waals surface area (Å²) in [7, 11) is 0. The summed E-state index contributed by atoms with van der Waals surface area (Å²) in [6.45, 7) is 2.79. The summed E-state index contributed by atoms with van der Waals surface area (Å²) < 4.78 is 30.4. The molecule has 1 N–H and O–H groups in total. The minimum absolute atomic E-state index is 0.137. The summed E-state index contributed by atoms with van der Waals surface area (Å²) in [5, 5.41) is 10.3. The van der Waals surface area contributed by atoms with Gasteiger partial charge in [-0.2, -0.15) is 0 Å². The molecule has 2 unspecified atom stereocenters. The van der Waals surface area contributed by atoms with Crippen molar-refractivity contribution >= 4 is 0 Å². The molecule has 0 spiro atoms. The minimum Gasteiger partial charge on any atom is -0.467 e. The molecule has 2 atom stereocenters. The second-order valence-electron chi connectivity index (χ2n) is 6.67. The van der Waals surface area contributed by atoms with Crippen LogP contribution in [0.3, 0.4) is 0 Å². The molecule has 1 aliphatic rings. The second kappa shape index (κ2) is 9.83. The van der Waals surface area contributed by atoms with Crippen molar-refractivity contribution < 1.29 is 23.4 Å². The van der Waals surface area contributed by atoms with Crippen LogP contribution in [0.5, 0.6) is 0 Å². The van der Waals surface area contributed by atoms with Crippen LogP contribution in [0.15, 0.2) is 47.1 Å². The van der Waals surface area contributed by atoms with E-state index in [4.69, 9.17) is 13.9 Å². The summed E-state index contributed by atoms with van der Waals surface area (Å²) in [5.74, 6) is 0.494. The van der Waals surface area contributed by atoms with Crippen molar-refractivity contribution in [3.63, 3.8) is 0 Å². The summed E-state index contributed by atoms with van der Waals surface area (Å²) in [6, 6.07) is 10.4. The van der Waals surface area contributed by atoms with E-state index in [1.165, 1.54) is 6.07 Å². The fourth-order valence-electron chi connectivity index (χ4n) is 3.19. The molecular weight excluding hydrogens is 337 g/mol. The summed E-state index contributed by atoms with van der Waals surface area (Å²) >= 11 is 0. The van der Waals surface area contributed by atoms with Crippen LogP contribution in [0, 0.1) is 5.82 Å². The van der Waals surface area contributed by atoms with E-state index in [1.807, 2.05) is 17.0 Å². The van der Waals surface area contributed by atoms with E-state index < -0.39 is 6.10 Å². The fraction of sp³-hybridized carbons (Fsp3) is 0.500. The van der Waals surface area contributed by atoms with Gasteiger partial charge >= 0.3 is 0 Å². The zero-order valence-corrected chi connectivity index (χ0v) is 14.9. The lowest BCUT2D eigenvalue weighted by molar-refractivity contribution is -0.00655. The monoisotopic (exact) mass is 363 g/mol. The van der Waals surface area contributed by atoms with Gasteiger partial charge in [-0.15, -0.1) is 0 Å². The first kappa shape index (κ1) is 19.0. The Morgan fingerprint density at radius 1 is 1.27 bits per heavy atom. The van der Waals surface area contributed by atoms with Gasteiger partial charge in [-0.05, 0) is 31.0 Å². The maximum absolute atomic E-state index is 14.0. The van der Waals surface area contributed by atoms with Gasteiger partial charge in [-0.3, -0.25) is 4.90 Å². The molecule has 26 heavy (non-hydrogen) atoms. The highest BCUT2D eigenvalue weighted by atomic mass is 19.1. The van der Waals surface area contributed by atoms with Gasteiger partial charge in [0.05, 0.1) is 25.1 Å². The topological polar surface area (TPSA) is 55.1 Å². The highest BCUT2D eigenvalue weighted by molar-refractivity contribution is 5.17. The number of benzene rings is 1. The van der Waals surface area contributed by atoms with Crippen LogP contribution in [0.4, 0.5) is 4.39 Å². The van der Waals surface area contributed by atoms with E-state index in [9.17, 15) is 9.50 Å². The van der Waals surface area contributed by atoms with Gasteiger partial charge in [0.1, 0.15) is 18.2 Å². The number of rotatable bonds is 10. The van der Waals surface area contributed by atoms with Crippen molar-refractivity contribution in [2.75, 3.05) is 26.3 Å². The number of furan rings is 1. The van der Waals surface area contributed by atoms with Crippen LogP contribution in [-0.4, -0.2) is 48.5 Å². The molecule has 0 saturated carbocycles. The lowest BCUT2D eigenvalue weighted by atomic mass is 10.1. The van der Waals surface area contributed by atoms with Crippen LogP contribution in [0.2, 0.25) is 0 Å². The van der Waals surface area contributed by atoms with E-state index in [2.05, 4.69) is 0 Å². The van der Waals surface area contributed by atoms with E-state index in [-0.39, 0.29) is 18.5 Å². The molecule has 1 saturated heterocycles.